The molecule has 0 radical (unpaired) electrons. The number of alkyl halides is 3. The van der Waals surface area contributed by atoms with Crippen LogP contribution in [0.25, 0.3) is 0 Å². The molecule has 2 heterocycles. The van der Waals surface area contributed by atoms with Crippen molar-refractivity contribution in [2.24, 2.45) is 0 Å². The maximum absolute atomic E-state index is 12.6. The molecule has 0 aromatic carbocycles. The van der Waals surface area contributed by atoms with Crippen LogP contribution in [0.1, 0.15) is 33.2 Å². The fourth-order valence-electron chi connectivity index (χ4n) is 2.07. The molecule has 2 rings (SSSR count). The van der Waals surface area contributed by atoms with Crippen LogP contribution in [0.2, 0.25) is 0 Å². The van der Waals surface area contributed by atoms with Crippen molar-refractivity contribution >= 4 is 17.3 Å². The first-order valence-corrected chi connectivity index (χ1v) is 6.72. The highest BCUT2D eigenvalue weighted by Crippen LogP contribution is 2.34. The van der Waals surface area contributed by atoms with E-state index in [4.69, 9.17) is 5.11 Å². The van der Waals surface area contributed by atoms with Gasteiger partial charge in [-0.15, -0.1) is 11.3 Å². The summed E-state index contributed by atoms with van der Waals surface area (Å²) in [6, 6.07) is 0. The molecule has 0 spiro atoms. The summed E-state index contributed by atoms with van der Waals surface area (Å²) in [5.41, 5.74) is -1.28. The third kappa shape index (κ3) is 3.44. The van der Waals surface area contributed by atoms with Crippen LogP contribution in [0.5, 0.6) is 0 Å². The summed E-state index contributed by atoms with van der Waals surface area (Å²) in [6.07, 6.45) is -2.14. The molecule has 19 heavy (non-hydrogen) atoms. The van der Waals surface area contributed by atoms with Gasteiger partial charge in [-0.1, -0.05) is 0 Å². The fraction of sp³-hybridized carbons (Fsp3) is 0.636. The van der Waals surface area contributed by atoms with Gasteiger partial charge in [-0.2, -0.15) is 13.2 Å². The molecular weight excluding hydrogens is 281 g/mol. The Labute approximate surface area is 111 Å². The Morgan fingerprint density at radius 2 is 2.00 bits per heavy atom. The normalized spacial score (nSPS) is 17.0. The molecule has 0 saturated carbocycles. The minimum absolute atomic E-state index is 0.233. The Kier molecular flexibility index (Phi) is 4.10. The van der Waals surface area contributed by atoms with Crippen LogP contribution in [0, 0.1) is 0 Å². The molecule has 0 atom stereocenters. The fourth-order valence-corrected chi connectivity index (χ4v) is 2.98. The lowest BCUT2D eigenvalue weighted by Crippen LogP contribution is -2.21. The van der Waals surface area contributed by atoms with Gasteiger partial charge in [-0.3, -0.25) is 0 Å². The summed E-state index contributed by atoms with van der Waals surface area (Å²) in [5, 5.41) is 9.02. The van der Waals surface area contributed by atoms with Crippen molar-refractivity contribution in [2.45, 2.75) is 25.4 Å². The summed E-state index contributed by atoms with van der Waals surface area (Å²) >= 11 is 0.621. The molecule has 106 valence electrons. The number of hydrogen-bond acceptors (Lipinski definition) is 4. The van der Waals surface area contributed by atoms with Gasteiger partial charge in [0, 0.05) is 13.0 Å². The molecule has 1 fully saturated rings. The van der Waals surface area contributed by atoms with Crippen LogP contribution in [0.15, 0.2) is 0 Å². The minimum atomic E-state index is -4.71. The van der Waals surface area contributed by atoms with Gasteiger partial charge in [0.15, 0.2) is 5.69 Å². The Morgan fingerprint density at radius 3 is 2.47 bits per heavy atom. The average Bonchev–Trinajstić information content (AvgIpc) is 2.94. The number of carbonyl (C=O) groups is 1. The van der Waals surface area contributed by atoms with Crippen molar-refractivity contribution in [3.05, 3.63) is 15.6 Å². The van der Waals surface area contributed by atoms with Crippen LogP contribution in [0.4, 0.5) is 13.2 Å². The monoisotopic (exact) mass is 294 g/mol. The Hall–Kier alpha value is -1.15. The van der Waals surface area contributed by atoms with Crippen LogP contribution >= 0.6 is 11.3 Å². The number of hydrogen-bond donors (Lipinski definition) is 1. The zero-order valence-corrected chi connectivity index (χ0v) is 10.9. The van der Waals surface area contributed by atoms with Crippen LogP contribution in [-0.2, 0) is 12.6 Å². The number of aromatic carboxylic acids is 1. The molecule has 4 nitrogen and oxygen atoms in total. The first-order chi connectivity index (χ1) is 8.88. The number of thiazole rings is 1. The second-order valence-corrected chi connectivity index (χ2v) is 5.47. The predicted octanol–water partition coefficient (Wildman–Crippen LogP) is 2.50. The average molecular weight is 294 g/mol. The summed E-state index contributed by atoms with van der Waals surface area (Å²) in [4.78, 5) is 15.7. The lowest BCUT2D eigenvalue weighted by atomic mass is 10.3. The molecule has 1 aromatic heterocycles. The van der Waals surface area contributed by atoms with Crippen molar-refractivity contribution in [3.8, 4) is 0 Å². The third-order valence-electron chi connectivity index (χ3n) is 2.97. The summed E-state index contributed by atoms with van der Waals surface area (Å²) in [5.74, 6) is -1.57. The number of rotatable bonds is 4. The smallest absolute Gasteiger partial charge is 0.435 e. The van der Waals surface area contributed by atoms with Gasteiger partial charge in [-0.25, -0.2) is 9.78 Å². The van der Waals surface area contributed by atoms with Crippen LogP contribution < -0.4 is 0 Å². The van der Waals surface area contributed by atoms with Crippen molar-refractivity contribution < 1.29 is 23.1 Å². The molecule has 8 heteroatoms. The summed E-state index contributed by atoms with van der Waals surface area (Å²) in [6.45, 7) is 2.52. The van der Waals surface area contributed by atoms with Crippen molar-refractivity contribution in [3.63, 3.8) is 0 Å². The maximum atomic E-state index is 12.6. The van der Waals surface area contributed by atoms with Gasteiger partial charge in [0.05, 0.1) is 5.01 Å². The van der Waals surface area contributed by atoms with Gasteiger partial charge in [0.2, 0.25) is 0 Å². The van der Waals surface area contributed by atoms with Crippen molar-refractivity contribution in [2.75, 3.05) is 19.6 Å². The van der Waals surface area contributed by atoms with E-state index in [1.807, 2.05) is 0 Å². The second-order valence-electron chi connectivity index (χ2n) is 4.39. The molecule has 1 aromatic rings. The topological polar surface area (TPSA) is 53.4 Å². The highest BCUT2D eigenvalue weighted by atomic mass is 32.1. The third-order valence-corrected chi connectivity index (χ3v) is 4.08. The van der Waals surface area contributed by atoms with E-state index in [0.717, 1.165) is 25.9 Å². The van der Waals surface area contributed by atoms with Gasteiger partial charge < -0.3 is 10.0 Å². The van der Waals surface area contributed by atoms with E-state index >= 15 is 0 Å². The molecule has 1 saturated heterocycles. The molecule has 0 amide bonds. The SMILES string of the molecule is O=C(O)c1sc(CCN2CCCC2)nc1C(F)(F)F. The van der Waals surface area contributed by atoms with Gasteiger partial charge in [0.1, 0.15) is 4.88 Å². The van der Waals surface area contributed by atoms with E-state index in [0.29, 0.717) is 24.3 Å². The van der Waals surface area contributed by atoms with E-state index in [-0.39, 0.29) is 5.01 Å². The second kappa shape index (κ2) is 5.46. The quantitative estimate of drug-likeness (QED) is 0.927. The van der Waals surface area contributed by atoms with Gasteiger partial charge in [-0.05, 0) is 25.9 Å². The van der Waals surface area contributed by atoms with Crippen LogP contribution in [0.3, 0.4) is 0 Å². The molecular formula is C11H13F3N2O2S. The van der Waals surface area contributed by atoms with E-state index < -0.39 is 22.7 Å². The molecule has 0 bridgehead atoms. The minimum Gasteiger partial charge on any atom is -0.477 e. The molecule has 1 aliphatic heterocycles. The zero-order valence-electron chi connectivity index (χ0n) is 10.0. The van der Waals surface area contributed by atoms with Gasteiger partial charge >= 0.3 is 12.1 Å². The lowest BCUT2D eigenvalue weighted by molar-refractivity contribution is -0.141. The highest BCUT2D eigenvalue weighted by molar-refractivity contribution is 7.13. The van der Waals surface area contributed by atoms with Crippen LogP contribution in [-0.4, -0.2) is 40.6 Å². The first kappa shape index (κ1) is 14.3. The number of nitrogens with zero attached hydrogens (tertiary/aromatic N) is 2. The molecule has 1 N–H and O–H groups in total. The van der Waals surface area contributed by atoms with E-state index in [2.05, 4.69) is 9.88 Å². The number of halogens is 3. The largest absolute Gasteiger partial charge is 0.477 e. The lowest BCUT2D eigenvalue weighted by Gasteiger charge is -2.12. The number of carboxylic acids is 1. The number of aromatic nitrogens is 1. The molecule has 0 aliphatic carbocycles. The highest BCUT2D eigenvalue weighted by Gasteiger charge is 2.39. The summed E-state index contributed by atoms with van der Waals surface area (Å²) in [7, 11) is 0. The zero-order chi connectivity index (χ0) is 14.0. The van der Waals surface area contributed by atoms with Crippen molar-refractivity contribution in [1.29, 1.82) is 0 Å². The Bertz CT molecular complexity index is 467. The van der Waals surface area contributed by atoms with E-state index in [1.165, 1.54) is 0 Å². The molecule has 1 aliphatic rings. The van der Waals surface area contributed by atoms with Crippen molar-refractivity contribution in [1.82, 2.24) is 9.88 Å². The molecule has 0 unspecified atom stereocenters. The summed E-state index contributed by atoms with van der Waals surface area (Å²) < 4.78 is 37.9. The van der Waals surface area contributed by atoms with E-state index in [1.54, 1.807) is 0 Å². The Morgan fingerprint density at radius 1 is 1.37 bits per heavy atom. The number of likely N-dealkylation sites (tertiary alicyclic amines) is 1. The van der Waals surface area contributed by atoms with Gasteiger partial charge in [0.25, 0.3) is 0 Å². The van der Waals surface area contributed by atoms with E-state index in [9.17, 15) is 18.0 Å². The first-order valence-electron chi connectivity index (χ1n) is 5.90. The standard InChI is InChI=1S/C11H13F3N2O2S/c12-11(13,14)9-8(10(17)18)19-7(15-9)3-6-16-4-1-2-5-16/h1-6H2,(H,17,18). The predicted molar refractivity (Wildman–Crippen MR) is 63.5 cm³/mol. The number of carboxylic acid groups (broad SMARTS) is 1. The maximum Gasteiger partial charge on any atom is 0.435 e. The Balaban J connectivity index is 2.11.